The van der Waals surface area contributed by atoms with Gasteiger partial charge in [-0.2, -0.15) is 0 Å². The van der Waals surface area contributed by atoms with Gasteiger partial charge < -0.3 is 15.8 Å². The van der Waals surface area contributed by atoms with Gasteiger partial charge in [-0.3, -0.25) is 4.79 Å². The third-order valence-electron chi connectivity index (χ3n) is 2.28. The first-order valence-corrected chi connectivity index (χ1v) is 5.85. The Kier molecular flexibility index (Phi) is 7.29. The fraction of sp³-hybridized carbons (Fsp3) is 0.600. The maximum atomic E-state index is 11.6. The lowest BCUT2D eigenvalue weighted by atomic mass is 10.2. The average molecular weight is 280 g/mol. The van der Waals surface area contributed by atoms with Gasteiger partial charge in [-0.1, -0.05) is 0 Å². The Hall–Kier alpha value is -0.690. The number of amides is 1. The SMILES string of the molecule is COC(CN)CC(=O)Nc1nc(C)c(C)s1.Cl. The molecule has 5 nitrogen and oxygen atoms in total. The standard InChI is InChI=1S/C10H17N3O2S.ClH/c1-6-7(2)16-10(12-6)13-9(14)4-8(5-11)15-3;/h8H,4-5,11H2,1-3H3,(H,12,13,14);1H. The molecule has 1 aromatic rings. The maximum absolute atomic E-state index is 11.6. The molecule has 98 valence electrons. The highest BCUT2D eigenvalue weighted by molar-refractivity contribution is 7.15. The summed E-state index contributed by atoms with van der Waals surface area (Å²) in [7, 11) is 1.54. The fourth-order valence-electron chi connectivity index (χ4n) is 1.17. The average Bonchev–Trinajstić information content (AvgIpc) is 2.54. The highest BCUT2D eigenvalue weighted by Gasteiger charge is 2.13. The Bertz CT molecular complexity index is 347. The first-order valence-electron chi connectivity index (χ1n) is 5.03. The van der Waals surface area contributed by atoms with Crippen molar-refractivity contribution in [2.45, 2.75) is 26.4 Å². The van der Waals surface area contributed by atoms with Crippen molar-refractivity contribution < 1.29 is 9.53 Å². The second-order valence-corrected chi connectivity index (χ2v) is 4.71. The van der Waals surface area contributed by atoms with Gasteiger partial charge in [-0.05, 0) is 13.8 Å². The van der Waals surface area contributed by atoms with Crippen LogP contribution in [0.15, 0.2) is 0 Å². The Morgan fingerprint density at radius 3 is 2.65 bits per heavy atom. The van der Waals surface area contributed by atoms with Crippen LogP contribution < -0.4 is 11.1 Å². The van der Waals surface area contributed by atoms with Crippen LogP contribution >= 0.6 is 23.7 Å². The van der Waals surface area contributed by atoms with E-state index in [9.17, 15) is 4.79 Å². The van der Waals surface area contributed by atoms with E-state index >= 15 is 0 Å². The second kappa shape index (κ2) is 7.60. The van der Waals surface area contributed by atoms with Crippen molar-refractivity contribution in [2.75, 3.05) is 19.0 Å². The Morgan fingerprint density at radius 1 is 1.59 bits per heavy atom. The number of aryl methyl sites for hydroxylation is 2. The summed E-state index contributed by atoms with van der Waals surface area (Å²) in [6.45, 7) is 4.22. The van der Waals surface area contributed by atoms with Gasteiger partial charge in [0, 0.05) is 18.5 Å². The number of hydrogen-bond donors (Lipinski definition) is 2. The molecular formula is C10H18ClN3O2S. The first-order chi connectivity index (χ1) is 7.56. The number of nitrogens with zero attached hydrogens (tertiary/aromatic N) is 1. The zero-order valence-corrected chi connectivity index (χ0v) is 11.8. The van der Waals surface area contributed by atoms with E-state index in [0.717, 1.165) is 10.6 Å². The van der Waals surface area contributed by atoms with Crippen molar-refractivity contribution in [1.29, 1.82) is 0 Å². The van der Waals surface area contributed by atoms with Crippen LogP contribution in [0, 0.1) is 13.8 Å². The summed E-state index contributed by atoms with van der Waals surface area (Å²) in [6.07, 6.45) is 0.0205. The molecule has 1 rings (SSSR count). The van der Waals surface area contributed by atoms with E-state index in [0.29, 0.717) is 11.7 Å². The van der Waals surface area contributed by atoms with Crippen LogP contribution in [-0.2, 0) is 9.53 Å². The molecule has 0 spiro atoms. The summed E-state index contributed by atoms with van der Waals surface area (Å²) in [5.41, 5.74) is 6.38. The van der Waals surface area contributed by atoms with Gasteiger partial charge in [-0.25, -0.2) is 4.98 Å². The van der Waals surface area contributed by atoms with E-state index in [1.54, 1.807) is 7.11 Å². The number of methoxy groups -OCH3 is 1. The van der Waals surface area contributed by atoms with E-state index in [-0.39, 0.29) is 30.8 Å². The minimum absolute atomic E-state index is 0. The number of rotatable bonds is 5. The quantitative estimate of drug-likeness (QED) is 0.856. The van der Waals surface area contributed by atoms with E-state index in [2.05, 4.69) is 10.3 Å². The van der Waals surface area contributed by atoms with Gasteiger partial charge >= 0.3 is 0 Å². The lowest BCUT2D eigenvalue weighted by Crippen LogP contribution is -2.28. The van der Waals surface area contributed by atoms with Crippen LogP contribution in [0.2, 0.25) is 0 Å². The molecule has 0 aliphatic carbocycles. The molecule has 0 radical (unpaired) electrons. The van der Waals surface area contributed by atoms with Crippen LogP contribution in [0.1, 0.15) is 17.0 Å². The van der Waals surface area contributed by atoms with E-state index in [4.69, 9.17) is 10.5 Å². The molecule has 1 aromatic heterocycles. The van der Waals surface area contributed by atoms with Crippen molar-refractivity contribution in [1.82, 2.24) is 4.98 Å². The molecule has 1 unspecified atom stereocenters. The third-order valence-corrected chi connectivity index (χ3v) is 3.27. The largest absolute Gasteiger partial charge is 0.380 e. The molecule has 17 heavy (non-hydrogen) atoms. The van der Waals surface area contributed by atoms with Crippen LogP contribution in [0.25, 0.3) is 0 Å². The summed E-state index contributed by atoms with van der Waals surface area (Å²) in [5, 5.41) is 3.37. The molecule has 3 N–H and O–H groups in total. The lowest BCUT2D eigenvalue weighted by molar-refractivity contribution is -0.118. The molecule has 0 aromatic carbocycles. The molecule has 7 heteroatoms. The lowest BCUT2D eigenvalue weighted by Gasteiger charge is -2.11. The minimum atomic E-state index is -0.234. The minimum Gasteiger partial charge on any atom is -0.380 e. The van der Waals surface area contributed by atoms with Gasteiger partial charge in [0.25, 0.3) is 0 Å². The summed E-state index contributed by atoms with van der Waals surface area (Å²) < 4.78 is 5.03. The monoisotopic (exact) mass is 279 g/mol. The zero-order valence-electron chi connectivity index (χ0n) is 10.1. The Balaban J connectivity index is 0.00000256. The van der Waals surface area contributed by atoms with Gasteiger partial charge in [-0.15, -0.1) is 23.7 Å². The van der Waals surface area contributed by atoms with Crippen molar-refractivity contribution >= 4 is 34.8 Å². The van der Waals surface area contributed by atoms with Crippen molar-refractivity contribution in [3.63, 3.8) is 0 Å². The molecule has 0 saturated heterocycles. The van der Waals surface area contributed by atoms with Gasteiger partial charge in [0.1, 0.15) is 0 Å². The number of thiazole rings is 1. The summed E-state index contributed by atoms with van der Waals surface area (Å²) in [5.74, 6) is -0.119. The molecule has 0 saturated carbocycles. The van der Waals surface area contributed by atoms with Crippen LogP contribution in [0.4, 0.5) is 5.13 Å². The summed E-state index contributed by atoms with van der Waals surface area (Å²) >= 11 is 1.47. The number of hydrogen-bond acceptors (Lipinski definition) is 5. The third kappa shape index (κ3) is 4.99. The van der Waals surface area contributed by atoms with Gasteiger partial charge in [0.2, 0.25) is 5.91 Å². The normalized spacial score (nSPS) is 11.8. The van der Waals surface area contributed by atoms with Crippen LogP contribution in [0.3, 0.4) is 0 Å². The summed E-state index contributed by atoms with van der Waals surface area (Å²) in [4.78, 5) is 16.9. The number of carbonyl (C=O) groups excluding carboxylic acids is 1. The molecule has 0 aliphatic heterocycles. The number of halogens is 1. The molecule has 0 fully saturated rings. The van der Waals surface area contributed by atoms with Crippen LogP contribution in [-0.4, -0.2) is 30.6 Å². The number of nitrogens with one attached hydrogen (secondary N) is 1. The van der Waals surface area contributed by atoms with Gasteiger partial charge in [0.15, 0.2) is 5.13 Å². The smallest absolute Gasteiger partial charge is 0.228 e. The zero-order chi connectivity index (χ0) is 12.1. The first kappa shape index (κ1) is 16.3. The molecule has 1 heterocycles. The maximum Gasteiger partial charge on any atom is 0.228 e. The number of ether oxygens (including phenoxy) is 1. The van der Waals surface area contributed by atoms with E-state index in [1.807, 2.05) is 13.8 Å². The van der Waals surface area contributed by atoms with E-state index in [1.165, 1.54) is 11.3 Å². The molecular weight excluding hydrogens is 262 g/mol. The highest BCUT2D eigenvalue weighted by Crippen LogP contribution is 2.21. The number of nitrogens with two attached hydrogens (primary N) is 1. The molecule has 1 amide bonds. The highest BCUT2D eigenvalue weighted by atomic mass is 35.5. The van der Waals surface area contributed by atoms with Crippen molar-refractivity contribution in [2.24, 2.45) is 5.73 Å². The number of aromatic nitrogens is 1. The van der Waals surface area contributed by atoms with Crippen molar-refractivity contribution in [3.8, 4) is 0 Å². The predicted molar refractivity (Wildman–Crippen MR) is 71.9 cm³/mol. The van der Waals surface area contributed by atoms with E-state index < -0.39 is 0 Å². The molecule has 1 atom stereocenters. The molecule has 0 aliphatic rings. The Morgan fingerprint density at radius 2 is 2.24 bits per heavy atom. The molecule has 0 bridgehead atoms. The number of anilines is 1. The number of carbonyl (C=O) groups is 1. The van der Waals surface area contributed by atoms with Gasteiger partial charge in [0.05, 0.1) is 18.2 Å². The van der Waals surface area contributed by atoms with Crippen molar-refractivity contribution in [3.05, 3.63) is 10.6 Å². The second-order valence-electron chi connectivity index (χ2n) is 3.51. The van der Waals surface area contributed by atoms with Crippen LogP contribution in [0.5, 0.6) is 0 Å². The topological polar surface area (TPSA) is 77.2 Å². The summed E-state index contributed by atoms with van der Waals surface area (Å²) in [6, 6.07) is 0. The fourth-order valence-corrected chi connectivity index (χ4v) is 2.00. The Labute approximate surface area is 111 Å². The predicted octanol–water partition coefficient (Wildman–Crippen LogP) is 1.48.